The number of aliphatic carboxylic acids is 2. The number of phenolic OH excluding ortho intramolecular Hbond substituents is 1. The van der Waals surface area contributed by atoms with Gasteiger partial charge < -0.3 is 52.7 Å². The standard InChI is InChI=1S/C37H44N6O11/c38-26(15-16-32(47)48)33(49)41-27(18-24-11-13-25(45)14-12-24)34(50)39-20-31(46)40-30(21-44)36(52)42-28(17-22-7-3-1-4-8-22)35(51)43-29(37(53)54)19-23-9-5-2-6-10-23/h1-14,26-30,44-45H,15-21,38H2,(H,39,50)(H,40,46)(H,41,49)(H,42,52)(H,43,51)(H,47,48)(H,53,54)/t26-,27-,28-,29-,30-/m0/s1. The number of benzene rings is 3. The lowest BCUT2D eigenvalue weighted by Crippen LogP contribution is -2.58. The van der Waals surface area contributed by atoms with E-state index in [0.29, 0.717) is 16.7 Å². The first-order valence-corrected chi connectivity index (χ1v) is 16.9. The number of aliphatic hydroxyl groups is 1. The summed E-state index contributed by atoms with van der Waals surface area (Å²) in [5.41, 5.74) is 7.58. The normalized spacial score (nSPS) is 13.5. The van der Waals surface area contributed by atoms with Crippen molar-refractivity contribution >= 4 is 41.5 Å². The minimum atomic E-state index is -1.60. The van der Waals surface area contributed by atoms with Gasteiger partial charge in [0.15, 0.2) is 0 Å². The number of phenols is 1. The molecule has 3 aromatic carbocycles. The van der Waals surface area contributed by atoms with E-state index >= 15 is 0 Å². The fourth-order valence-corrected chi connectivity index (χ4v) is 5.15. The van der Waals surface area contributed by atoms with Crippen LogP contribution in [0.2, 0.25) is 0 Å². The van der Waals surface area contributed by atoms with Gasteiger partial charge in [0.2, 0.25) is 29.5 Å². The van der Waals surface area contributed by atoms with Gasteiger partial charge in [-0.1, -0.05) is 72.8 Å². The second-order valence-electron chi connectivity index (χ2n) is 12.3. The number of carboxylic acid groups (broad SMARTS) is 2. The van der Waals surface area contributed by atoms with E-state index in [1.54, 1.807) is 60.7 Å². The molecule has 3 aromatic rings. The van der Waals surface area contributed by atoms with Gasteiger partial charge in [-0.05, 0) is 35.2 Å². The summed E-state index contributed by atoms with van der Waals surface area (Å²) in [6.07, 6.45) is -0.800. The van der Waals surface area contributed by atoms with E-state index in [1.807, 2.05) is 0 Å². The highest BCUT2D eigenvalue weighted by Crippen LogP contribution is 2.12. The second kappa shape index (κ2) is 21.3. The van der Waals surface area contributed by atoms with E-state index in [4.69, 9.17) is 10.8 Å². The van der Waals surface area contributed by atoms with Gasteiger partial charge in [0.05, 0.1) is 19.2 Å². The summed E-state index contributed by atoms with van der Waals surface area (Å²) in [6.45, 7) is -1.63. The largest absolute Gasteiger partial charge is 0.508 e. The fraction of sp³-hybridized carbons (Fsp3) is 0.324. The van der Waals surface area contributed by atoms with Crippen molar-refractivity contribution in [3.63, 3.8) is 0 Å². The van der Waals surface area contributed by atoms with Crippen LogP contribution in [0.4, 0.5) is 0 Å². The fourth-order valence-electron chi connectivity index (χ4n) is 5.15. The Bertz CT molecular complexity index is 1740. The number of nitrogens with one attached hydrogen (secondary N) is 5. The lowest BCUT2D eigenvalue weighted by atomic mass is 10.0. The molecule has 288 valence electrons. The van der Waals surface area contributed by atoms with E-state index < -0.39 is 91.3 Å². The number of carboxylic acids is 2. The van der Waals surface area contributed by atoms with Gasteiger partial charge >= 0.3 is 11.9 Å². The average molecular weight is 749 g/mol. The molecule has 5 atom stereocenters. The second-order valence-corrected chi connectivity index (χ2v) is 12.3. The quantitative estimate of drug-likeness (QED) is 0.0612. The minimum absolute atomic E-state index is 0.0358. The van der Waals surface area contributed by atoms with E-state index in [2.05, 4.69) is 26.6 Å². The van der Waals surface area contributed by atoms with Crippen molar-refractivity contribution < 1.29 is 54.0 Å². The van der Waals surface area contributed by atoms with Crippen LogP contribution < -0.4 is 32.3 Å². The van der Waals surface area contributed by atoms with E-state index in [1.165, 1.54) is 24.3 Å². The van der Waals surface area contributed by atoms with Crippen LogP contribution >= 0.6 is 0 Å². The van der Waals surface area contributed by atoms with Crippen LogP contribution in [0.1, 0.15) is 29.5 Å². The first kappa shape index (κ1) is 42.1. The van der Waals surface area contributed by atoms with Crippen molar-refractivity contribution in [3.05, 3.63) is 102 Å². The maximum atomic E-state index is 13.4. The van der Waals surface area contributed by atoms with Crippen molar-refractivity contribution in [2.24, 2.45) is 5.73 Å². The number of aromatic hydroxyl groups is 1. The zero-order valence-electron chi connectivity index (χ0n) is 29.1. The zero-order valence-corrected chi connectivity index (χ0v) is 29.1. The molecule has 0 spiro atoms. The molecular formula is C37H44N6O11. The van der Waals surface area contributed by atoms with Gasteiger partial charge in [-0.25, -0.2) is 4.79 Å². The number of amides is 5. The van der Waals surface area contributed by atoms with Gasteiger partial charge in [-0.2, -0.15) is 0 Å². The van der Waals surface area contributed by atoms with Crippen LogP contribution in [0.25, 0.3) is 0 Å². The van der Waals surface area contributed by atoms with Gasteiger partial charge in [0.25, 0.3) is 0 Å². The number of rotatable bonds is 21. The molecule has 0 aliphatic heterocycles. The van der Waals surface area contributed by atoms with Gasteiger partial charge in [-0.3, -0.25) is 28.8 Å². The van der Waals surface area contributed by atoms with E-state index in [-0.39, 0.29) is 31.4 Å². The molecule has 0 aromatic heterocycles. The van der Waals surface area contributed by atoms with Crippen LogP contribution in [0, 0.1) is 0 Å². The molecule has 54 heavy (non-hydrogen) atoms. The average Bonchev–Trinajstić information content (AvgIpc) is 3.15. The summed E-state index contributed by atoms with van der Waals surface area (Å²) >= 11 is 0. The van der Waals surface area contributed by atoms with Gasteiger partial charge in [-0.15, -0.1) is 0 Å². The molecule has 0 aliphatic carbocycles. The third-order valence-electron chi connectivity index (χ3n) is 8.09. The van der Waals surface area contributed by atoms with Crippen LogP contribution in [0.3, 0.4) is 0 Å². The molecule has 0 heterocycles. The van der Waals surface area contributed by atoms with Crippen LogP contribution in [-0.4, -0.2) is 105 Å². The molecule has 0 bridgehead atoms. The number of aliphatic hydroxyl groups excluding tert-OH is 1. The smallest absolute Gasteiger partial charge is 0.326 e. The monoisotopic (exact) mass is 748 g/mol. The number of hydrogen-bond acceptors (Lipinski definition) is 10. The number of nitrogens with two attached hydrogens (primary N) is 1. The lowest BCUT2D eigenvalue weighted by molar-refractivity contribution is -0.142. The molecule has 17 heteroatoms. The summed E-state index contributed by atoms with van der Waals surface area (Å²) in [5.74, 6) is -6.90. The Kier molecular flexibility index (Phi) is 16.6. The summed E-state index contributed by atoms with van der Waals surface area (Å²) in [4.78, 5) is 88.4. The Labute approximate surface area is 310 Å². The predicted octanol–water partition coefficient (Wildman–Crippen LogP) is -1.26. The molecule has 0 saturated heterocycles. The van der Waals surface area contributed by atoms with Crippen LogP contribution in [0.15, 0.2) is 84.9 Å². The Balaban J connectivity index is 1.67. The Hall–Kier alpha value is -6.33. The Morgan fingerprint density at radius 1 is 0.574 bits per heavy atom. The van der Waals surface area contributed by atoms with Crippen molar-refractivity contribution in [1.29, 1.82) is 0 Å². The molecule has 0 unspecified atom stereocenters. The van der Waals surface area contributed by atoms with Crippen molar-refractivity contribution in [3.8, 4) is 5.75 Å². The first-order valence-electron chi connectivity index (χ1n) is 16.9. The zero-order chi connectivity index (χ0) is 39.6. The molecule has 5 amide bonds. The van der Waals surface area contributed by atoms with Crippen molar-refractivity contribution in [2.75, 3.05) is 13.2 Å². The predicted molar refractivity (Wildman–Crippen MR) is 192 cm³/mol. The van der Waals surface area contributed by atoms with Crippen molar-refractivity contribution in [2.45, 2.75) is 62.3 Å². The number of hydrogen-bond donors (Lipinski definition) is 10. The Morgan fingerprint density at radius 2 is 1.04 bits per heavy atom. The minimum Gasteiger partial charge on any atom is -0.508 e. The third kappa shape index (κ3) is 14.4. The number of carbonyl (C=O) groups excluding carboxylic acids is 5. The SMILES string of the molecule is N[C@@H](CCC(=O)O)C(=O)N[C@@H](Cc1ccc(O)cc1)C(=O)NCC(=O)N[C@@H](CO)C(=O)N[C@@H](Cc1ccccc1)C(=O)N[C@@H](Cc1ccccc1)C(=O)O. The molecule has 0 radical (unpaired) electrons. The van der Waals surface area contributed by atoms with Crippen LogP contribution in [0.5, 0.6) is 5.75 Å². The molecular weight excluding hydrogens is 704 g/mol. The molecule has 0 saturated carbocycles. The summed E-state index contributed by atoms with van der Waals surface area (Å²) in [7, 11) is 0. The van der Waals surface area contributed by atoms with Gasteiger partial charge in [0, 0.05) is 25.7 Å². The van der Waals surface area contributed by atoms with Crippen LogP contribution in [-0.2, 0) is 52.8 Å². The third-order valence-corrected chi connectivity index (χ3v) is 8.09. The highest BCUT2D eigenvalue weighted by Gasteiger charge is 2.30. The number of carbonyl (C=O) groups is 7. The van der Waals surface area contributed by atoms with Gasteiger partial charge in [0.1, 0.15) is 29.9 Å². The molecule has 17 nitrogen and oxygen atoms in total. The maximum absolute atomic E-state index is 13.4. The topological polar surface area (TPSA) is 287 Å². The first-order chi connectivity index (χ1) is 25.7. The lowest BCUT2D eigenvalue weighted by Gasteiger charge is -2.24. The van der Waals surface area contributed by atoms with E-state index in [0.717, 1.165) is 0 Å². The molecule has 11 N–H and O–H groups in total. The molecule has 0 aliphatic rings. The highest BCUT2D eigenvalue weighted by atomic mass is 16.4. The molecule has 0 fully saturated rings. The van der Waals surface area contributed by atoms with E-state index in [9.17, 15) is 48.9 Å². The molecule has 3 rings (SSSR count). The summed E-state index contributed by atoms with van der Waals surface area (Å²) < 4.78 is 0. The summed E-state index contributed by atoms with van der Waals surface area (Å²) in [6, 6.07) is 16.1. The Morgan fingerprint density at radius 3 is 1.56 bits per heavy atom. The summed E-state index contributed by atoms with van der Waals surface area (Å²) in [5, 5.41) is 50.3. The highest BCUT2D eigenvalue weighted by molar-refractivity contribution is 5.95. The van der Waals surface area contributed by atoms with Crippen molar-refractivity contribution in [1.82, 2.24) is 26.6 Å². The maximum Gasteiger partial charge on any atom is 0.326 e.